The summed E-state index contributed by atoms with van der Waals surface area (Å²) in [6.07, 6.45) is 7.12. The van der Waals surface area contributed by atoms with Gasteiger partial charge in [-0.05, 0) is 68.4 Å². The lowest BCUT2D eigenvalue weighted by atomic mass is 9.72. The van der Waals surface area contributed by atoms with E-state index in [4.69, 9.17) is 10.5 Å². The summed E-state index contributed by atoms with van der Waals surface area (Å²) in [5.74, 6) is 1.44. The zero-order chi connectivity index (χ0) is 21.3. The van der Waals surface area contributed by atoms with Gasteiger partial charge in [0.15, 0.2) is 0 Å². The molecule has 30 heavy (non-hydrogen) atoms. The SMILES string of the molecule is NCC1CCCC(C2CCN(C(=O)CC3=CC(=O)OC4C3CCC(O)C4O)CC2)C1. The van der Waals surface area contributed by atoms with Crippen molar-refractivity contribution in [2.24, 2.45) is 29.4 Å². The van der Waals surface area contributed by atoms with E-state index in [0.717, 1.165) is 44.0 Å². The number of aliphatic hydroxyl groups excluding tert-OH is 2. The smallest absolute Gasteiger partial charge is 0.331 e. The third kappa shape index (κ3) is 4.58. The van der Waals surface area contributed by atoms with Gasteiger partial charge in [-0.2, -0.15) is 0 Å². The fraction of sp³-hybridized carbons (Fsp3) is 0.826. The van der Waals surface area contributed by atoms with Crippen LogP contribution in [-0.4, -0.2) is 64.9 Å². The highest BCUT2D eigenvalue weighted by molar-refractivity contribution is 5.87. The maximum atomic E-state index is 13.0. The molecule has 1 amide bonds. The minimum atomic E-state index is -1.09. The number of aliphatic hydroxyl groups is 2. The number of esters is 1. The summed E-state index contributed by atoms with van der Waals surface area (Å²) in [7, 11) is 0. The van der Waals surface area contributed by atoms with Crippen LogP contribution in [0, 0.1) is 23.7 Å². The second-order valence-corrected chi connectivity index (χ2v) is 9.79. The zero-order valence-corrected chi connectivity index (χ0v) is 17.7. The maximum absolute atomic E-state index is 13.0. The molecule has 3 fully saturated rings. The van der Waals surface area contributed by atoms with Crippen LogP contribution < -0.4 is 5.73 Å². The van der Waals surface area contributed by atoms with Crippen LogP contribution in [0.25, 0.3) is 0 Å². The Bertz CT molecular complexity index is 673. The third-order valence-corrected chi connectivity index (χ3v) is 8.00. The van der Waals surface area contributed by atoms with Crippen molar-refractivity contribution < 1.29 is 24.5 Å². The highest BCUT2D eigenvalue weighted by Gasteiger charge is 2.44. The van der Waals surface area contributed by atoms with E-state index in [1.807, 2.05) is 4.90 Å². The molecule has 4 rings (SSSR count). The molecule has 1 saturated heterocycles. The van der Waals surface area contributed by atoms with Crippen LogP contribution >= 0.6 is 0 Å². The molecule has 0 radical (unpaired) electrons. The molecule has 2 aliphatic heterocycles. The summed E-state index contributed by atoms with van der Waals surface area (Å²) in [4.78, 5) is 26.9. The number of carbonyl (C=O) groups excluding carboxylic acids is 2. The quantitative estimate of drug-likeness (QED) is 0.592. The number of hydrogen-bond acceptors (Lipinski definition) is 6. The number of carbonyl (C=O) groups is 2. The zero-order valence-electron chi connectivity index (χ0n) is 17.7. The van der Waals surface area contributed by atoms with Crippen molar-refractivity contribution >= 4 is 11.9 Å². The highest BCUT2D eigenvalue weighted by Crippen LogP contribution is 2.39. The predicted molar refractivity (Wildman–Crippen MR) is 111 cm³/mol. The Kier molecular flexibility index (Phi) is 6.80. The fourth-order valence-corrected chi connectivity index (χ4v) is 6.18. The molecule has 0 bridgehead atoms. The first-order valence-electron chi connectivity index (χ1n) is 11.7. The third-order valence-electron chi connectivity index (χ3n) is 8.00. The van der Waals surface area contributed by atoms with Crippen LogP contribution in [0.4, 0.5) is 0 Å². The molecule has 0 aromatic carbocycles. The molecular formula is C23H36N2O5. The lowest BCUT2D eigenvalue weighted by Crippen LogP contribution is -2.51. The summed E-state index contributed by atoms with van der Waals surface area (Å²) >= 11 is 0. The number of fused-ring (bicyclic) bond motifs is 1. The van der Waals surface area contributed by atoms with Crippen LogP contribution in [0.5, 0.6) is 0 Å². The van der Waals surface area contributed by atoms with Crippen LogP contribution in [0.3, 0.4) is 0 Å². The van der Waals surface area contributed by atoms with E-state index in [9.17, 15) is 19.8 Å². The van der Waals surface area contributed by atoms with Crippen LogP contribution in [0.2, 0.25) is 0 Å². The Morgan fingerprint density at radius 1 is 1.10 bits per heavy atom. The van der Waals surface area contributed by atoms with Crippen molar-refractivity contribution in [1.82, 2.24) is 4.90 Å². The first-order chi connectivity index (χ1) is 14.5. The number of piperidine rings is 1. The minimum Gasteiger partial charge on any atom is -0.456 e. The van der Waals surface area contributed by atoms with Crippen molar-refractivity contribution in [2.75, 3.05) is 19.6 Å². The van der Waals surface area contributed by atoms with Gasteiger partial charge in [0.25, 0.3) is 0 Å². The first-order valence-corrected chi connectivity index (χ1v) is 11.7. The number of rotatable bonds is 4. The van der Waals surface area contributed by atoms with Gasteiger partial charge in [0.2, 0.25) is 5.91 Å². The molecule has 7 nitrogen and oxygen atoms in total. The average Bonchev–Trinajstić information content (AvgIpc) is 2.76. The summed E-state index contributed by atoms with van der Waals surface area (Å²) in [6, 6.07) is 0. The van der Waals surface area contributed by atoms with E-state index in [1.165, 1.54) is 31.8 Å². The van der Waals surface area contributed by atoms with Gasteiger partial charge >= 0.3 is 5.97 Å². The van der Waals surface area contributed by atoms with Crippen LogP contribution in [-0.2, 0) is 14.3 Å². The van der Waals surface area contributed by atoms with E-state index in [2.05, 4.69) is 0 Å². The molecular weight excluding hydrogens is 384 g/mol. The molecule has 4 N–H and O–H groups in total. The van der Waals surface area contributed by atoms with Crippen molar-refractivity contribution in [1.29, 1.82) is 0 Å². The second-order valence-electron chi connectivity index (χ2n) is 9.79. The summed E-state index contributed by atoms with van der Waals surface area (Å²) in [6.45, 7) is 2.35. The van der Waals surface area contributed by atoms with E-state index in [-0.39, 0.29) is 18.2 Å². The molecule has 4 aliphatic rings. The predicted octanol–water partition coefficient (Wildman–Crippen LogP) is 1.36. The van der Waals surface area contributed by atoms with Crippen molar-refractivity contribution in [2.45, 2.75) is 76.1 Å². The summed E-state index contributed by atoms with van der Waals surface area (Å²) < 4.78 is 5.27. The molecule has 0 spiro atoms. The molecule has 0 aromatic heterocycles. The highest BCUT2D eigenvalue weighted by atomic mass is 16.6. The molecule has 168 valence electrons. The first kappa shape index (κ1) is 21.8. The standard InChI is InChI=1S/C23H36N2O5/c24-13-14-2-1-3-16(10-14)15-6-8-25(9-7-15)20(27)11-17-12-21(28)30-23-18(17)4-5-19(26)22(23)29/h12,14-16,18-19,22-23,26,29H,1-11,13,24H2. The number of nitrogens with zero attached hydrogens (tertiary/aromatic N) is 1. The molecule has 6 unspecified atom stereocenters. The Hall–Kier alpha value is -1.44. The largest absolute Gasteiger partial charge is 0.456 e. The molecule has 6 atom stereocenters. The van der Waals surface area contributed by atoms with Crippen molar-refractivity contribution in [3.63, 3.8) is 0 Å². The van der Waals surface area contributed by atoms with Crippen LogP contribution in [0.1, 0.15) is 57.8 Å². The van der Waals surface area contributed by atoms with Crippen molar-refractivity contribution in [3.8, 4) is 0 Å². The lowest BCUT2D eigenvalue weighted by Gasteiger charge is -2.42. The van der Waals surface area contributed by atoms with Gasteiger partial charge in [-0.25, -0.2) is 4.79 Å². The van der Waals surface area contributed by atoms with Crippen molar-refractivity contribution in [3.05, 3.63) is 11.6 Å². The van der Waals surface area contributed by atoms with E-state index in [0.29, 0.717) is 24.7 Å². The minimum absolute atomic E-state index is 0.0530. The number of nitrogens with two attached hydrogens (primary N) is 1. The second kappa shape index (κ2) is 9.37. The van der Waals surface area contributed by atoms with Gasteiger partial charge in [0.05, 0.1) is 6.10 Å². The molecule has 2 saturated carbocycles. The lowest BCUT2D eigenvalue weighted by molar-refractivity contribution is -0.168. The van der Waals surface area contributed by atoms with Gasteiger partial charge in [0, 0.05) is 31.5 Å². The van der Waals surface area contributed by atoms with Gasteiger partial charge < -0.3 is 25.6 Å². The van der Waals surface area contributed by atoms with E-state index in [1.54, 1.807) is 0 Å². The summed E-state index contributed by atoms with van der Waals surface area (Å²) in [5, 5.41) is 20.1. The van der Waals surface area contributed by atoms with Gasteiger partial charge in [0.1, 0.15) is 12.2 Å². The Labute approximate surface area is 178 Å². The number of hydrogen-bond donors (Lipinski definition) is 3. The average molecular weight is 421 g/mol. The maximum Gasteiger partial charge on any atom is 0.331 e. The summed E-state index contributed by atoms with van der Waals surface area (Å²) in [5.41, 5.74) is 6.64. The number of likely N-dealkylation sites (tertiary alicyclic amines) is 1. The van der Waals surface area contributed by atoms with Gasteiger partial charge in [-0.1, -0.05) is 12.8 Å². The number of ether oxygens (including phenoxy) is 1. The number of amides is 1. The molecule has 2 aliphatic carbocycles. The molecule has 0 aromatic rings. The molecule has 7 heteroatoms. The van der Waals surface area contributed by atoms with Gasteiger partial charge in [-0.3, -0.25) is 4.79 Å². The van der Waals surface area contributed by atoms with E-state index < -0.39 is 24.3 Å². The topological polar surface area (TPSA) is 113 Å². The normalized spacial score (nSPS) is 37.9. The van der Waals surface area contributed by atoms with E-state index >= 15 is 0 Å². The van der Waals surface area contributed by atoms with Crippen LogP contribution in [0.15, 0.2) is 11.6 Å². The Morgan fingerprint density at radius 3 is 2.60 bits per heavy atom. The van der Waals surface area contributed by atoms with Gasteiger partial charge in [-0.15, -0.1) is 0 Å². The Balaban J connectivity index is 1.32. The molecule has 2 heterocycles. The Morgan fingerprint density at radius 2 is 1.87 bits per heavy atom. The monoisotopic (exact) mass is 420 g/mol. The fourth-order valence-electron chi connectivity index (χ4n) is 6.18.